The molecule has 31 heavy (non-hydrogen) atoms. The molecule has 1 atom stereocenters. The normalized spacial score (nSPS) is 11.3. The summed E-state index contributed by atoms with van der Waals surface area (Å²) in [7, 11) is 0. The van der Waals surface area contributed by atoms with Gasteiger partial charge in [-0.15, -0.1) is 12.6 Å². The summed E-state index contributed by atoms with van der Waals surface area (Å²) in [5.74, 6) is 6.15. The second-order valence-electron chi connectivity index (χ2n) is 7.65. The monoisotopic (exact) mass is 484 g/mol. The van der Waals surface area contributed by atoms with Crippen LogP contribution in [-0.2, 0) is 19.0 Å². The zero-order chi connectivity index (χ0) is 24.5. The van der Waals surface area contributed by atoms with Crippen LogP contribution in [0.3, 0.4) is 0 Å². The van der Waals surface area contributed by atoms with Crippen LogP contribution in [0.4, 0.5) is 0 Å². The van der Waals surface area contributed by atoms with E-state index in [2.05, 4.69) is 63.2 Å². The van der Waals surface area contributed by atoms with Crippen molar-refractivity contribution < 1.29 is 21.9 Å². The van der Waals surface area contributed by atoms with Crippen molar-refractivity contribution in [1.82, 2.24) is 5.32 Å². The first-order chi connectivity index (χ1) is 14.6. The molecule has 0 heterocycles. The van der Waals surface area contributed by atoms with E-state index in [4.69, 9.17) is 19.9 Å². The summed E-state index contributed by atoms with van der Waals surface area (Å²) in [6, 6.07) is 0. The maximum atomic E-state index is 11.5. The number of carbonyl (C=O) groups is 1. The van der Waals surface area contributed by atoms with E-state index in [1.807, 2.05) is 27.7 Å². The molecule has 0 bridgehead atoms. The lowest BCUT2D eigenvalue weighted by Gasteiger charge is -2.11. The predicted molar refractivity (Wildman–Crippen MR) is 143 cm³/mol. The molecule has 0 rings (SSSR count). The predicted octanol–water partition coefficient (Wildman–Crippen LogP) is 4.43. The lowest BCUT2D eigenvalue weighted by atomic mass is 10.2. The van der Waals surface area contributed by atoms with Crippen LogP contribution in [-0.4, -0.2) is 62.2 Å². The molecule has 0 saturated carbocycles. The minimum Gasteiger partial charge on any atom is -0.379 e. The van der Waals surface area contributed by atoms with Gasteiger partial charge in [0.2, 0.25) is 5.91 Å². The molecule has 1 amide bonds. The number of carbonyl (C=O) groups excluding carboxylic acids is 1. The molecule has 0 spiro atoms. The van der Waals surface area contributed by atoms with E-state index in [1.54, 1.807) is 0 Å². The Kier molecular flexibility index (Phi) is 29.3. The summed E-state index contributed by atoms with van der Waals surface area (Å²) < 4.78 is 16.3. The van der Waals surface area contributed by atoms with E-state index in [9.17, 15) is 4.79 Å². The molecule has 0 aromatic carbocycles. The second-order valence-corrected chi connectivity index (χ2v) is 9.57. The van der Waals surface area contributed by atoms with Crippen molar-refractivity contribution in [1.29, 1.82) is 0 Å². The van der Waals surface area contributed by atoms with Gasteiger partial charge in [-0.1, -0.05) is 60.3 Å². The van der Waals surface area contributed by atoms with E-state index < -0.39 is 0 Å². The number of nitrogens with two attached hydrogens (primary N) is 1. The Morgan fingerprint density at radius 3 is 2.13 bits per heavy atom. The van der Waals surface area contributed by atoms with Gasteiger partial charge in [0.05, 0.1) is 39.6 Å². The van der Waals surface area contributed by atoms with Crippen LogP contribution in [0.25, 0.3) is 0 Å². The fourth-order valence-electron chi connectivity index (χ4n) is 1.59. The van der Waals surface area contributed by atoms with Gasteiger partial charge in [0.25, 0.3) is 0 Å². The topological polar surface area (TPSA) is 82.8 Å². The summed E-state index contributed by atoms with van der Waals surface area (Å²) in [6.07, 6.45) is 2.07. The van der Waals surface area contributed by atoms with Crippen molar-refractivity contribution in [2.24, 2.45) is 11.7 Å². The lowest BCUT2D eigenvalue weighted by molar-refractivity contribution is -0.122. The minimum atomic E-state index is -0.0860. The van der Waals surface area contributed by atoms with Crippen LogP contribution in [0.5, 0.6) is 0 Å². The third kappa shape index (κ3) is 44.1. The van der Waals surface area contributed by atoms with E-state index >= 15 is 0 Å². The molecule has 8 heteroatoms. The third-order valence-electron chi connectivity index (χ3n) is 2.80. The average molecular weight is 485 g/mol. The van der Waals surface area contributed by atoms with Crippen molar-refractivity contribution in [2.75, 3.05) is 46.1 Å². The fraction of sp³-hybridized carbons (Fsp3) is 0.870. The molecule has 0 fully saturated rings. The van der Waals surface area contributed by atoms with Gasteiger partial charge in [-0.05, 0) is 19.4 Å². The number of nitrogens with one attached hydrogen (secondary N) is 1. The van der Waals surface area contributed by atoms with Gasteiger partial charge < -0.3 is 25.3 Å². The van der Waals surface area contributed by atoms with E-state index in [0.29, 0.717) is 58.5 Å². The SMILES string of the molecule is CC.CC(C)(C)S.CC(C)C#CCNC(=O)CCOCCOCCOC(S)CCCN.[HH].[HH]. The Morgan fingerprint density at radius 2 is 1.61 bits per heavy atom. The molecule has 6 nitrogen and oxygen atoms in total. The quantitative estimate of drug-likeness (QED) is 0.127. The van der Waals surface area contributed by atoms with Gasteiger partial charge in [-0.25, -0.2) is 0 Å². The Morgan fingerprint density at radius 1 is 1.10 bits per heavy atom. The molecule has 1 unspecified atom stereocenters. The van der Waals surface area contributed by atoms with Gasteiger partial charge >= 0.3 is 0 Å². The molecule has 0 saturated heterocycles. The van der Waals surface area contributed by atoms with Gasteiger partial charge in [-0.3, -0.25) is 4.79 Å². The van der Waals surface area contributed by atoms with Gasteiger partial charge in [0.1, 0.15) is 5.44 Å². The van der Waals surface area contributed by atoms with Crippen LogP contribution in [0.15, 0.2) is 0 Å². The Balaban J connectivity index is -0.000000255. The summed E-state index contributed by atoms with van der Waals surface area (Å²) in [4.78, 5) is 11.5. The zero-order valence-corrected chi connectivity index (χ0v) is 22.6. The number of ether oxygens (including phenoxy) is 3. The highest BCUT2D eigenvalue weighted by Crippen LogP contribution is 2.07. The smallest absolute Gasteiger partial charge is 0.223 e. The second kappa shape index (κ2) is 25.8. The molecular formula is C23H52N2O4S2. The molecule has 0 radical (unpaired) electrons. The molecule has 0 aliphatic rings. The summed E-state index contributed by atoms with van der Waals surface area (Å²) in [5.41, 5.74) is 5.33. The molecule has 0 aliphatic carbocycles. The van der Waals surface area contributed by atoms with Crippen LogP contribution < -0.4 is 11.1 Å². The Bertz CT molecular complexity index is 452. The van der Waals surface area contributed by atoms with Crippen molar-refractivity contribution in [3.63, 3.8) is 0 Å². The summed E-state index contributed by atoms with van der Waals surface area (Å²) >= 11 is 8.41. The molecule has 190 valence electrons. The molecule has 0 aromatic heterocycles. The van der Waals surface area contributed by atoms with Gasteiger partial charge in [0.15, 0.2) is 0 Å². The van der Waals surface area contributed by atoms with Crippen LogP contribution in [0.1, 0.15) is 70.6 Å². The fourth-order valence-corrected chi connectivity index (χ4v) is 1.88. The van der Waals surface area contributed by atoms with Crippen molar-refractivity contribution in [3.8, 4) is 11.8 Å². The number of hydrogen-bond acceptors (Lipinski definition) is 7. The number of hydrogen-bond donors (Lipinski definition) is 4. The van der Waals surface area contributed by atoms with E-state index in [1.165, 1.54) is 0 Å². The highest BCUT2D eigenvalue weighted by Gasteiger charge is 2.02. The number of amides is 1. The average Bonchev–Trinajstić information content (AvgIpc) is 2.68. The largest absolute Gasteiger partial charge is 0.379 e. The highest BCUT2D eigenvalue weighted by atomic mass is 32.1. The third-order valence-corrected chi connectivity index (χ3v) is 3.21. The van der Waals surface area contributed by atoms with Crippen molar-refractivity contribution >= 4 is 31.2 Å². The first kappa shape index (κ1) is 35.2. The maximum absolute atomic E-state index is 11.5. The first-order valence-electron chi connectivity index (χ1n) is 11.2. The molecule has 3 N–H and O–H groups in total. The van der Waals surface area contributed by atoms with Crippen molar-refractivity contribution in [2.45, 2.75) is 77.9 Å². The highest BCUT2D eigenvalue weighted by molar-refractivity contribution is 7.81. The Labute approximate surface area is 205 Å². The molecule has 0 aliphatic heterocycles. The molecular weight excluding hydrogens is 432 g/mol. The van der Waals surface area contributed by atoms with E-state index in [0.717, 1.165) is 12.8 Å². The summed E-state index contributed by atoms with van der Waals surface area (Å²) in [5, 5.41) is 2.73. The number of rotatable bonds is 14. The van der Waals surface area contributed by atoms with Crippen molar-refractivity contribution in [3.05, 3.63) is 0 Å². The minimum absolute atomic E-state index is 0. The van der Waals surface area contributed by atoms with E-state index in [-0.39, 0.29) is 18.9 Å². The van der Waals surface area contributed by atoms with Gasteiger partial charge in [0, 0.05) is 19.9 Å². The summed E-state index contributed by atoms with van der Waals surface area (Å²) in [6.45, 7) is 17.5. The van der Waals surface area contributed by atoms with Crippen LogP contribution in [0.2, 0.25) is 0 Å². The lowest BCUT2D eigenvalue weighted by Crippen LogP contribution is -2.25. The van der Waals surface area contributed by atoms with Crippen LogP contribution in [0, 0.1) is 17.8 Å². The standard InChI is InChI=1S/C17H32N2O4S.C4H10S.C2H6.2H2/c1-15(2)5-4-9-19-16(20)7-10-21-11-12-22-13-14-23-17(24)6-3-8-18;1-4(2,3)5;1-2;;/h15,17,24H,3,6-14,18H2,1-2H3,(H,19,20);5H,1-3H3;1-2H3;2*1H. The Hall–Kier alpha value is -0.430. The number of thiol groups is 2. The first-order valence-corrected chi connectivity index (χ1v) is 12.1. The maximum Gasteiger partial charge on any atom is 0.223 e. The van der Waals surface area contributed by atoms with Crippen LogP contribution >= 0.6 is 25.3 Å². The molecule has 0 aromatic rings. The van der Waals surface area contributed by atoms with Gasteiger partial charge in [-0.2, -0.15) is 12.6 Å². The zero-order valence-electron chi connectivity index (χ0n) is 20.8.